The lowest BCUT2D eigenvalue weighted by Gasteiger charge is -2.36. The van der Waals surface area contributed by atoms with Crippen LogP contribution in [0.5, 0.6) is 0 Å². The first-order valence-corrected chi connectivity index (χ1v) is 7.87. The molecule has 2 saturated carbocycles. The Kier molecular flexibility index (Phi) is 2.87. The van der Waals surface area contributed by atoms with Crippen LogP contribution in [0.15, 0.2) is 4.52 Å². The third-order valence-electron chi connectivity index (χ3n) is 5.58. The average Bonchev–Trinajstić information content (AvgIpc) is 3.07. The topological polar surface area (TPSA) is 59.2 Å². The molecule has 7 heteroatoms. The van der Waals surface area contributed by atoms with E-state index in [0.29, 0.717) is 30.7 Å². The van der Waals surface area contributed by atoms with E-state index in [0.717, 1.165) is 19.3 Å². The third-order valence-corrected chi connectivity index (χ3v) is 5.58. The number of nitrogens with zero attached hydrogens (tertiary/aromatic N) is 3. The highest BCUT2D eigenvalue weighted by Gasteiger charge is 2.57. The van der Waals surface area contributed by atoms with Gasteiger partial charge in [0.15, 0.2) is 5.82 Å². The van der Waals surface area contributed by atoms with E-state index in [4.69, 9.17) is 4.52 Å². The number of aryl methyl sites for hydroxylation is 1. The highest BCUT2D eigenvalue weighted by molar-refractivity contribution is 5.80. The number of fused-ring (bicyclic) bond motifs is 1. The summed E-state index contributed by atoms with van der Waals surface area (Å²) in [5, 5.41) is 3.88. The Hall–Kier alpha value is -1.53. The van der Waals surface area contributed by atoms with Gasteiger partial charge < -0.3 is 9.42 Å². The molecular weight excluding hydrogens is 292 g/mol. The van der Waals surface area contributed by atoms with Crippen LogP contribution < -0.4 is 0 Å². The summed E-state index contributed by atoms with van der Waals surface area (Å²) in [5.74, 6) is -1.79. The van der Waals surface area contributed by atoms with Gasteiger partial charge in [0, 0.05) is 31.8 Å². The van der Waals surface area contributed by atoms with E-state index in [-0.39, 0.29) is 24.2 Å². The van der Waals surface area contributed by atoms with Crippen molar-refractivity contribution >= 4 is 5.91 Å². The SMILES string of the molecule is Cc1noc([C@]23CCC[C@H]2CN(C(=O)C2CC(F)(F)C2)C3)n1. The molecule has 120 valence electrons. The zero-order valence-electron chi connectivity index (χ0n) is 12.5. The highest BCUT2D eigenvalue weighted by atomic mass is 19.3. The zero-order valence-corrected chi connectivity index (χ0v) is 12.5. The van der Waals surface area contributed by atoms with E-state index in [1.165, 1.54) is 0 Å². The molecule has 2 aliphatic carbocycles. The van der Waals surface area contributed by atoms with Crippen molar-refractivity contribution < 1.29 is 18.1 Å². The van der Waals surface area contributed by atoms with Crippen LogP contribution in [-0.4, -0.2) is 40.0 Å². The summed E-state index contributed by atoms with van der Waals surface area (Å²) in [7, 11) is 0. The largest absolute Gasteiger partial charge is 0.341 e. The lowest BCUT2D eigenvalue weighted by Crippen LogP contribution is -2.47. The van der Waals surface area contributed by atoms with Crippen LogP contribution in [0.4, 0.5) is 8.78 Å². The van der Waals surface area contributed by atoms with Gasteiger partial charge in [-0.1, -0.05) is 11.6 Å². The fourth-order valence-electron chi connectivity index (χ4n) is 4.40. The van der Waals surface area contributed by atoms with E-state index >= 15 is 0 Å². The number of carbonyl (C=O) groups is 1. The number of alkyl halides is 2. The molecule has 4 rings (SSSR count). The van der Waals surface area contributed by atoms with E-state index in [9.17, 15) is 13.6 Å². The molecule has 3 fully saturated rings. The normalized spacial score (nSPS) is 33.8. The van der Waals surface area contributed by atoms with Crippen molar-refractivity contribution in [2.24, 2.45) is 11.8 Å². The van der Waals surface area contributed by atoms with Crippen molar-refractivity contribution in [2.75, 3.05) is 13.1 Å². The zero-order chi connectivity index (χ0) is 15.5. The molecule has 1 aromatic rings. The fraction of sp³-hybridized carbons (Fsp3) is 0.800. The lowest BCUT2D eigenvalue weighted by atomic mass is 9.80. The monoisotopic (exact) mass is 311 g/mol. The van der Waals surface area contributed by atoms with Crippen molar-refractivity contribution in [3.63, 3.8) is 0 Å². The Morgan fingerprint density at radius 2 is 2.18 bits per heavy atom. The van der Waals surface area contributed by atoms with E-state index < -0.39 is 11.8 Å². The van der Waals surface area contributed by atoms with Crippen molar-refractivity contribution in [2.45, 2.75) is 50.4 Å². The van der Waals surface area contributed by atoms with Crippen molar-refractivity contribution in [1.82, 2.24) is 15.0 Å². The summed E-state index contributed by atoms with van der Waals surface area (Å²) >= 11 is 0. The molecule has 2 heterocycles. The standard InChI is InChI=1S/C15H19F2N3O2/c1-9-18-13(22-19-9)14-4-2-3-11(14)7-20(8-14)12(21)10-5-15(16,17)6-10/h10-11H,2-8H2,1H3/t11-,14-/m0/s1. The summed E-state index contributed by atoms with van der Waals surface area (Å²) in [6.45, 7) is 2.93. The Bertz CT molecular complexity index is 610. The third kappa shape index (κ3) is 1.97. The summed E-state index contributed by atoms with van der Waals surface area (Å²) in [4.78, 5) is 18.6. The second-order valence-electron chi connectivity index (χ2n) is 7.07. The second-order valence-corrected chi connectivity index (χ2v) is 7.07. The maximum Gasteiger partial charge on any atom is 0.249 e. The minimum atomic E-state index is -2.66. The smallest absolute Gasteiger partial charge is 0.249 e. The average molecular weight is 311 g/mol. The Balaban J connectivity index is 1.54. The molecule has 0 unspecified atom stereocenters. The number of likely N-dealkylation sites (tertiary alicyclic amines) is 1. The van der Waals surface area contributed by atoms with E-state index in [1.807, 2.05) is 0 Å². The van der Waals surface area contributed by atoms with Gasteiger partial charge in [-0.15, -0.1) is 0 Å². The predicted molar refractivity (Wildman–Crippen MR) is 72.3 cm³/mol. The number of aromatic nitrogens is 2. The van der Waals surface area contributed by atoms with Crippen molar-refractivity contribution in [1.29, 1.82) is 0 Å². The number of rotatable bonds is 2. The molecule has 2 atom stereocenters. The van der Waals surface area contributed by atoms with Crippen molar-refractivity contribution in [3.05, 3.63) is 11.7 Å². The van der Waals surface area contributed by atoms with Gasteiger partial charge in [0.25, 0.3) is 0 Å². The first-order chi connectivity index (χ1) is 10.4. The molecule has 0 radical (unpaired) electrons. The van der Waals surface area contributed by atoms with Gasteiger partial charge in [-0.05, 0) is 25.7 Å². The van der Waals surface area contributed by atoms with Crippen LogP contribution in [0.2, 0.25) is 0 Å². The van der Waals surface area contributed by atoms with Gasteiger partial charge in [0.1, 0.15) is 0 Å². The number of hydrogen-bond donors (Lipinski definition) is 0. The molecule has 22 heavy (non-hydrogen) atoms. The van der Waals surface area contributed by atoms with Gasteiger partial charge in [-0.2, -0.15) is 4.98 Å². The Morgan fingerprint density at radius 3 is 2.82 bits per heavy atom. The maximum atomic E-state index is 13.0. The van der Waals surface area contributed by atoms with Crippen LogP contribution in [-0.2, 0) is 10.2 Å². The van der Waals surface area contributed by atoms with E-state index in [2.05, 4.69) is 10.1 Å². The minimum absolute atomic E-state index is 0.129. The molecule has 0 N–H and O–H groups in total. The first kappa shape index (κ1) is 14.1. The molecule has 1 aliphatic heterocycles. The molecule has 1 saturated heterocycles. The molecule has 1 amide bonds. The van der Waals surface area contributed by atoms with E-state index in [1.54, 1.807) is 11.8 Å². The number of halogens is 2. The predicted octanol–water partition coefficient (Wildman–Crippen LogP) is 2.30. The quantitative estimate of drug-likeness (QED) is 0.841. The summed E-state index contributed by atoms with van der Waals surface area (Å²) in [6, 6.07) is 0. The van der Waals surface area contributed by atoms with Crippen LogP contribution >= 0.6 is 0 Å². The molecular formula is C15H19F2N3O2. The molecule has 3 aliphatic rings. The molecule has 0 spiro atoms. The molecule has 0 aromatic carbocycles. The number of amides is 1. The van der Waals surface area contributed by atoms with Gasteiger partial charge >= 0.3 is 0 Å². The van der Waals surface area contributed by atoms with Crippen LogP contribution in [0.25, 0.3) is 0 Å². The summed E-state index contributed by atoms with van der Waals surface area (Å²) < 4.78 is 31.4. The molecule has 1 aromatic heterocycles. The van der Waals surface area contributed by atoms with Gasteiger partial charge in [0.05, 0.1) is 5.41 Å². The minimum Gasteiger partial charge on any atom is -0.341 e. The van der Waals surface area contributed by atoms with Gasteiger partial charge in [-0.25, -0.2) is 8.78 Å². The fourth-order valence-corrected chi connectivity index (χ4v) is 4.40. The summed E-state index contributed by atoms with van der Waals surface area (Å²) in [5.41, 5.74) is -0.261. The second kappa shape index (κ2) is 4.49. The van der Waals surface area contributed by atoms with Gasteiger partial charge in [0.2, 0.25) is 17.7 Å². The maximum absolute atomic E-state index is 13.0. The first-order valence-electron chi connectivity index (χ1n) is 7.87. The lowest BCUT2D eigenvalue weighted by molar-refractivity contribution is -0.159. The molecule has 0 bridgehead atoms. The Morgan fingerprint density at radius 1 is 1.41 bits per heavy atom. The highest BCUT2D eigenvalue weighted by Crippen LogP contribution is 2.51. The van der Waals surface area contributed by atoms with Crippen LogP contribution in [0, 0.1) is 18.8 Å². The number of hydrogen-bond acceptors (Lipinski definition) is 4. The van der Waals surface area contributed by atoms with Crippen LogP contribution in [0.3, 0.4) is 0 Å². The van der Waals surface area contributed by atoms with Gasteiger partial charge in [-0.3, -0.25) is 4.79 Å². The van der Waals surface area contributed by atoms with Crippen LogP contribution in [0.1, 0.15) is 43.8 Å². The number of carbonyl (C=O) groups excluding carboxylic acids is 1. The van der Waals surface area contributed by atoms with Crippen molar-refractivity contribution in [3.8, 4) is 0 Å². The molecule has 5 nitrogen and oxygen atoms in total. The summed E-state index contributed by atoms with van der Waals surface area (Å²) in [6.07, 6.45) is 2.41. The Labute approximate surface area is 127 Å².